The Labute approximate surface area is 111 Å². The summed E-state index contributed by atoms with van der Waals surface area (Å²) in [6, 6.07) is 4.86. The first-order valence-electron chi connectivity index (χ1n) is 5.94. The van der Waals surface area contributed by atoms with Crippen molar-refractivity contribution >= 4 is 5.78 Å². The molecule has 0 radical (unpaired) electrons. The average molecular weight is 294 g/mol. The van der Waals surface area contributed by atoms with Crippen molar-refractivity contribution in [1.29, 1.82) is 0 Å². The number of hydrogen-bond donors (Lipinski definition) is 0. The van der Waals surface area contributed by atoms with E-state index in [9.17, 15) is 26.7 Å². The Morgan fingerprint density at radius 3 is 2.55 bits per heavy atom. The molecule has 0 spiro atoms. The van der Waals surface area contributed by atoms with Gasteiger partial charge in [-0.3, -0.25) is 4.79 Å². The van der Waals surface area contributed by atoms with E-state index >= 15 is 0 Å². The molecule has 1 aliphatic heterocycles. The number of alkyl halides is 5. The second-order valence-electron chi connectivity index (χ2n) is 4.54. The number of fused-ring (bicyclic) bond motifs is 1. The number of hydrogen-bond acceptors (Lipinski definition) is 2. The van der Waals surface area contributed by atoms with Gasteiger partial charge < -0.3 is 4.74 Å². The van der Waals surface area contributed by atoms with E-state index in [1.807, 2.05) is 0 Å². The summed E-state index contributed by atoms with van der Waals surface area (Å²) in [6.07, 6.45) is -6.18. The van der Waals surface area contributed by atoms with Gasteiger partial charge in [0, 0.05) is 12.8 Å². The number of rotatable bonds is 4. The van der Waals surface area contributed by atoms with Crippen LogP contribution in [0.25, 0.3) is 0 Å². The fourth-order valence-corrected chi connectivity index (χ4v) is 1.97. The largest absolute Gasteiger partial charge is 0.493 e. The monoisotopic (exact) mass is 294 g/mol. The molecule has 0 aromatic heterocycles. The zero-order valence-electron chi connectivity index (χ0n) is 10.3. The second-order valence-corrected chi connectivity index (χ2v) is 4.54. The maximum atomic E-state index is 12.8. The zero-order chi connectivity index (χ0) is 15.0. The number of carbonyl (C=O) groups excluding carboxylic acids is 1. The normalized spacial score (nSPS) is 14.8. The minimum Gasteiger partial charge on any atom is -0.493 e. The molecule has 0 amide bonds. The molecule has 0 aliphatic carbocycles. The van der Waals surface area contributed by atoms with Gasteiger partial charge in [-0.05, 0) is 23.6 Å². The van der Waals surface area contributed by atoms with Crippen LogP contribution >= 0.6 is 0 Å². The SMILES string of the molecule is O=C(CCc1ccc2c(c1)CCO2)C(F)(F)C(F)(F)F. The summed E-state index contributed by atoms with van der Waals surface area (Å²) in [5, 5.41) is 0. The molecule has 0 saturated carbocycles. The smallest absolute Gasteiger partial charge is 0.461 e. The van der Waals surface area contributed by atoms with Crippen molar-refractivity contribution in [2.45, 2.75) is 31.4 Å². The highest BCUT2D eigenvalue weighted by Gasteiger charge is 2.62. The molecule has 0 N–H and O–H groups in total. The van der Waals surface area contributed by atoms with Gasteiger partial charge in [0.1, 0.15) is 5.75 Å². The maximum absolute atomic E-state index is 12.8. The minimum absolute atomic E-state index is 0.155. The third kappa shape index (κ3) is 2.76. The Bertz CT molecular complexity index is 522. The number of aryl methyl sites for hydroxylation is 1. The Hall–Kier alpha value is -1.66. The number of benzene rings is 1. The molecule has 0 unspecified atom stereocenters. The Morgan fingerprint density at radius 1 is 1.20 bits per heavy atom. The Morgan fingerprint density at radius 2 is 1.90 bits per heavy atom. The van der Waals surface area contributed by atoms with Gasteiger partial charge in [0.2, 0.25) is 5.78 Å². The number of Topliss-reactive ketones (excluding diaryl/α,β-unsaturated/α-hetero) is 1. The quantitative estimate of drug-likeness (QED) is 0.796. The highest BCUT2D eigenvalue weighted by Crippen LogP contribution is 2.37. The van der Waals surface area contributed by atoms with Gasteiger partial charge >= 0.3 is 12.1 Å². The van der Waals surface area contributed by atoms with Crippen LogP contribution in [-0.2, 0) is 17.6 Å². The van der Waals surface area contributed by atoms with Crippen molar-refractivity contribution in [2.24, 2.45) is 0 Å². The summed E-state index contributed by atoms with van der Waals surface area (Å²) in [5.74, 6) is -6.71. The van der Waals surface area contributed by atoms with E-state index in [0.717, 1.165) is 5.56 Å². The van der Waals surface area contributed by atoms with Gasteiger partial charge in [-0.1, -0.05) is 12.1 Å². The third-order valence-corrected chi connectivity index (χ3v) is 3.10. The van der Waals surface area contributed by atoms with Gasteiger partial charge in [0.15, 0.2) is 0 Å². The lowest BCUT2D eigenvalue weighted by atomic mass is 10.0. The topological polar surface area (TPSA) is 26.3 Å². The summed E-state index contributed by atoms with van der Waals surface area (Å²) in [4.78, 5) is 11.0. The second kappa shape index (κ2) is 5.03. The molecule has 0 bridgehead atoms. The lowest BCUT2D eigenvalue weighted by Crippen LogP contribution is -2.44. The summed E-state index contributed by atoms with van der Waals surface area (Å²) in [5.41, 5.74) is 1.41. The van der Waals surface area contributed by atoms with Crippen LogP contribution in [0, 0.1) is 0 Å². The highest BCUT2D eigenvalue weighted by molar-refractivity contribution is 5.86. The standard InChI is InChI=1S/C13H11F5O2/c14-12(15,13(16,17)18)11(19)4-2-8-1-3-10-9(7-8)5-6-20-10/h1,3,7H,2,4-6H2. The Balaban J connectivity index is 2.01. The van der Waals surface area contributed by atoms with E-state index in [0.29, 0.717) is 24.3 Å². The van der Waals surface area contributed by atoms with Crippen LogP contribution in [0.2, 0.25) is 0 Å². The van der Waals surface area contributed by atoms with Gasteiger partial charge in [0.05, 0.1) is 6.61 Å². The van der Waals surface area contributed by atoms with E-state index in [-0.39, 0.29) is 6.42 Å². The van der Waals surface area contributed by atoms with Crippen LogP contribution < -0.4 is 4.74 Å². The van der Waals surface area contributed by atoms with Crippen molar-refractivity contribution in [2.75, 3.05) is 6.61 Å². The fraction of sp³-hybridized carbons (Fsp3) is 0.462. The molecule has 2 rings (SSSR count). The van der Waals surface area contributed by atoms with Crippen LogP contribution in [0.1, 0.15) is 17.5 Å². The van der Waals surface area contributed by atoms with Gasteiger partial charge in [0.25, 0.3) is 0 Å². The van der Waals surface area contributed by atoms with Gasteiger partial charge in [-0.15, -0.1) is 0 Å². The van der Waals surface area contributed by atoms with Gasteiger partial charge in [-0.2, -0.15) is 22.0 Å². The van der Waals surface area contributed by atoms with Crippen LogP contribution in [0.15, 0.2) is 18.2 Å². The van der Waals surface area contributed by atoms with Crippen LogP contribution in [0.5, 0.6) is 5.75 Å². The predicted molar refractivity (Wildman–Crippen MR) is 60.0 cm³/mol. The first kappa shape index (κ1) is 14.7. The molecule has 1 aliphatic rings. The molecule has 1 aromatic rings. The minimum atomic E-state index is -5.84. The van der Waals surface area contributed by atoms with Crippen LogP contribution in [-0.4, -0.2) is 24.5 Å². The molecule has 110 valence electrons. The number of halogens is 5. The highest BCUT2D eigenvalue weighted by atomic mass is 19.4. The summed E-state index contributed by atoms with van der Waals surface area (Å²) in [6.45, 7) is 0.518. The average Bonchev–Trinajstić information content (AvgIpc) is 2.81. The van der Waals surface area contributed by atoms with E-state index < -0.39 is 24.3 Å². The van der Waals surface area contributed by atoms with E-state index in [1.165, 1.54) is 0 Å². The zero-order valence-corrected chi connectivity index (χ0v) is 10.3. The maximum Gasteiger partial charge on any atom is 0.461 e. The molecule has 0 saturated heterocycles. The van der Waals surface area contributed by atoms with Crippen molar-refractivity contribution in [3.05, 3.63) is 29.3 Å². The molecule has 7 heteroatoms. The van der Waals surface area contributed by atoms with Crippen LogP contribution in [0.3, 0.4) is 0 Å². The third-order valence-electron chi connectivity index (χ3n) is 3.10. The number of ketones is 1. The lowest BCUT2D eigenvalue weighted by molar-refractivity contribution is -0.268. The van der Waals surface area contributed by atoms with E-state index in [2.05, 4.69) is 0 Å². The van der Waals surface area contributed by atoms with E-state index in [4.69, 9.17) is 4.74 Å². The van der Waals surface area contributed by atoms with Crippen molar-refractivity contribution in [1.82, 2.24) is 0 Å². The number of carbonyl (C=O) groups is 1. The fourth-order valence-electron chi connectivity index (χ4n) is 1.97. The molecule has 2 nitrogen and oxygen atoms in total. The first-order chi connectivity index (χ1) is 9.22. The lowest BCUT2D eigenvalue weighted by Gasteiger charge is -2.17. The predicted octanol–water partition coefficient (Wildman–Crippen LogP) is 3.32. The summed E-state index contributed by atoms with van der Waals surface area (Å²) in [7, 11) is 0. The number of ether oxygens (including phenoxy) is 1. The molecule has 0 fully saturated rings. The molecular weight excluding hydrogens is 283 g/mol. The van der Waals surface area contributed by atoms with E-state index in [1.54, 1.807) is 18.2 Å². The van der Waals surface area contributed by atoms with Crippen molar-refractivity contribution < 1.29 is 31.5 Å². The van der Waals surface area contributed by atoms with Gasteiger partial charge in [-0.25, -0.2) is 0 Å². The molecule has 1 heterocycles. The first-order valence-corrected chi connectivity index (χ1v) is 5.94. The van der Waals surface area contributed by atoms with Crippen molar-refractivity contribution in [3.63, 3.8) is 0 Å². The molecular formula is C13H11F5O2. The van der Waals surface area contributed by atoms with Crippen LogP contribution in [0.4, 0.5) is 22.0 Å². The molecule has 20 heavy (non-hydrogen) atoms. The van der Waals surface area contributed by atoms with Crippen molar-refractivity contribution in [3.8, 4) is 5.75 Å². The molecule has 0 atom stereocenters. The summed E-state index contributed by atoms with van der Waals surface area (Å²) < 4.78 is 66.8. The Kier molecular flexibility index (Phi) is 3.71. The summed E-state index contributed by atoms with van der Waals surface area (Å²) >= 11 is 0. The molecule has 1 aromatic carbocycles.